The number of carbonyl (C=O) groups is 1. The largest absolute Gasteiger partial charge is 0.354 e. The van der Waals surface area contributed by atoms with Gasteiger partial charge in [0.1, 0.15) is 0 Å². The Balaban J connectivity index is 2.21. The first kappa shape index (κ1) is 9.56. The predicted molar refractivity (Wildman–Crippen MR) is 49.5 cm³/mol. The van der Waals surface area contributed by atoms with Crippen LogP contribution in [0.2, 0.25) is 0 Å². The van der Waals surface area contributed by atoms with E-state index in [1.807, 2.05) is 0 Å². The van der Waals surface area contributed by atoms with Crippen molar-refractivity contribution in [3.05, 3.63) is 6.92 Å². The van der Waals surface area contributed by atoms with Gasteiger partial charge in [-0.05, 0) is 31.6 Å². The monoisotopic (exact) mass is 168 g/mol. The highest BCUT2D eigenvalue weighted by Gasteiger charge is 2.19. The fourth-order valence-corrected chi connectivity index (χ4v) is 1.88. The molecular weight excluding hydrogens is 150 g/mol. The Morgan fingerprint density at radius 2 is 2.00 bits per heavy atom. The number of rotatable bonds is 2. The smallest absolute Gasteiger partial charge is 0.217 e. The third-order valence-electron chi connectivity index (χ3n) is 2.66. The first-order chi connectivity index (χ1) is 5.72. The Kier molecular flexibility index (Phi) is 3.57. The molecule has 0 bridgehead atoms. The van der Waals surface area contributed by atoms with Gasteiger partial charge in [-0.15, -0.1) is 0 Å². The highest BCUT2D eigenvalue weighted by atomic mass is 16.1. The van der Waals surface area contributed by atoms with Gasteiger partial charge in [-0.3, -0.25) is 4.79 Å². The van der Waals surface area contributed by atoms with E-state index >= 15 is 0 Å². The first-order valence-electron chi connectivity index (χ1n) is 4.78. The number of hydrogen-bond acceptors (Lipinski definition) is 1. The molecule has 0 unspecified atom stereocenters. The summed E-state index contributed by atoms with van der Waals surface area (Å²) in [7, 11) is 0. The van der Waals surface area contributed by atoms with E-state index in [-0.39, 0.29) is 5.91 Å². The van der Waals surface area contributed by atoms with Crippen LogP contribution in [0.1, 0.15) is 39.0 Å². The van der Waals surface area contributed by atoms with Gasteiger partial charge < -0.3 is 5.32 Å². The molecule has 1 rings (SSSR count). The van der Waals surface area contributed by atoms with Crippen molar-refractivity contribution < 1.29 is 4.79 Å². The van der Waals surface area contributed by atoms with Crippen LogP contribution in [0.15, 0.2) is 0 Å². The summed E-state index contributed by atoms with van der Waals surface area (Å²) in [5.74, 6) is 0.906. The van der Waals surface area contributed by atoms with Crippen LogP contribution in [-0.2, 0) is 4.79 Å². The SMILES string of the molecule is [CH2]CC1CCC(NC(C)=O)CC1. The predicted octanol–water partition coefficient (Wildman–Crippen LogP) is 1.91. The summed E-state index contributed by atoms with van der Waals surface area (Å²) in [5, 5.41) is 2.97. The van der Waals surface area contributed by atoms with Crippen molar-refractivity contribution in [3.8, 4) is 0 Å². The number of amides is 1. The summed E-state index contributed by atoms with van der Waals surface area (Å²) in [6.45, 7) is 5.50. The van der Waals surface area contributed by atoms with E-state index in [9.17, 15) is 4.79 Å². The third-order valence-corrected chi connectivity index (χ3v) is 2.66. The van der Waals surface area contributed by atoms with Gasteiger partial charge in [0.25, 0.3) is 0 Å². The molecule has 0 atom stereocenters. The summed E-state index contributed by atoms with van der Waals surface area (Å²) in [5.41, 5.74) is 0. The second-order valence-electron chi connectivity index (χ2n) is 3.71. The Labute approximate surface area is 74.7 Å². The maximum absolute atomic E-state index is 10.7. The van der Waals surface area contributed by atoms with Crippen molar-refractivity contribution in [2.45, 2.75) is 45.1 Å². The molecule has 2 nitrogen and oxygen atoms in total. The van der Waals surface area contributed by atoms with Gasteiger partial charge in [0.15, 0.2) is 0 Å². The Morgan fingerprint density at radius 1 is 1.42 bits per heavy atom. The molecule has 69 valence electrons. The molecule has 2 heteroatoms. The Bertz CT molecular complexity index is 148. The van der Waals surface area contributed by atoms with Crippen molar-refractivity contribution in [1.82, 2.24) is 5.32 Å². The molecule has 1 amide bonds. The second-order valence-corrected chi connectivity index (χ2v) is 3.71. The molecule has 0 spiro atoms. The normalized spacial score (nSPS) is 29.8. The fraction of sp³-hybridized carbons (Fsp3) is 0.800. The third kappa shape index (κ3) is 2.84. The summed E-state index contributed by atoms with van der Waals surface area (Å²) < 4.78 is 0. The number of nitrogens with one attached hydrogen (secondary N) is 1. The van der Waals surface area contributed by atoms with Crippen molar-refractivity contribution in [3.63, 3.8) is 0 Å². The molecule has 1 radical (unpaired) electrons. The molecule has 1 saturated carbocycles. The lowest BCUT2D eigenvalue weighted by Gasteiger charge is -2.27. The van der Waals surface area contributed by atoms with Gasteiger partial charge in [0, 0.05) is 13.0 Å². The van der Waals surface area contributed by atoms with E-state index in [4.69, 9.17) is 0 Å². The maximum atomic E-state index is 10.7. The van der Waals surface area contributed by atoms with Crippen LogP contribution in [0.25, 0.3) is 0 Å². The molecule has 12 heavy (non-hydrogen) atoms. The minimum Gasteiger partial charge on any atom is -0.354 e. The zero-order valence-electron chi connectivity index (χ0n) is 7.81. The zero-order valence-corrected chi connectivity index (χ0v) is 7.81. The van der Waals surface area contributed by atoms with Gasteiger partial charge >= 0.3 is 0 Å². The van der Waals surface area contributed by atoms with Crippen molar-refractivity contribution in [2.75, 3.05) is 0 Å². The minimum atomic E-state index is 0.105. The van der Waals surface area contributed by atoms with E-state index in [1.54, 1.807) is 6.92 Å². The summed E-state index contributed by atoms with van der Waals surface area (Å²) >= 11 is 0. The van der Waals surface area contributed by atoms with Crippen LogP contribution >= 0.6 is 0 Å². The van der Waals surface area contributed by atoms with Crippen LogP contribution < -0.4 is 5.32 Å². The number of hydrogen-bond donors (Lipinski definition) is 1. The Morgan fingerprint density at radius 3 is 2.42 bits per heavy atom. The summed E-state index contributed by atoms with van der Waals surface area (Å²) in [6.07, 6.45) is 5.79. The average molecular weight is 168 g/mol. The molecule has 0 aromatic carbocycles. The molecule has 1 fully saturated rings. The second kappa shape index (κ2) is 4.48. The van der Waals surface area contributed by atoms with E-state index < -0.39 is 0 Å². The van der Waals surface area contributed by atoms with Crippen LogP contribution in [0.3, 0.4) is 0 Å². The highest BCUT2D eigenvalue weighted by Crippen LogP contribution is 2.26. The van der Waals surface area contributed by atoms with Crippen LogP contribution in [0.4, 0.5) is 0 Å². The van der Waals surface area contributed by atoms with Gasteiger partial charge in [0.05, 0.1) is 0 Å². The van der Waals surface area contributed by atoms with Gasteiger partial charge in [-0.1, -0.05) is 13.3 Å². The van der Waals surface area contributed by atoms with Crippen molar-refractivity contribution in [1.29, 1.82) is 0 Å². The molecule has 0 aliphatic heterocycles. The maximum Gasteiger partial charge on any atom is 0.217 e. The lowest BCUT2D eigenvalue weighted by atomic mass is 9.84. The van der Waals surface area contributed by atoms with Gasteiger partial charge in [-0.2, -0.15) is 0 Å². The van der Waals surface area contributed by atoms with Crippen LogP contribution in [0, 0.1) is 12.8 Å². The van der Waals surface area contributed by atoms with Gasteiger partial charge in [0.2, 0.25) is 5.91 Å². The van der Waals surface area contributed by atoms with Crippen molar-refractivity contribution in [2.24, 2.45) is 5.92 Å². The molecule has 0 heterocycles. The van der Waals surface area contributed by atoms with E-state index in [1.165, 1.54) is 12.8 Å². The lowest BCUT2D eigenvalue weighted by molar-refractivity contribution is -0.119. The minimum absolute atomic E-state index is 0.105. The molecule has 0 saturated heterocycles. The summed E-state index contributed by atoms with van der Waals surface area (Å²) in [4.78, 5) is 10.7. The topological polar surface area (TPSA) is 29.1 Å². The van der Waals surface area contributed by atoms with Crippen molar-refractivity contribution >= 4 is 5.91 Å². The molecule has 0 aromatic heterocycles. The first-order valence-corrected chi connectivity index (χ1v) is 4.78. The Hall–Kier alpha value is -0.530. The zero-order chi connectivity index (χ0) is 8.97. The van der Waals surface area contributed by atoms with E-state index in [2.05, 4.69) is 12.2 Å². The van der Waals surface area contributed by atoms with E-state index in [0.717, 1.165) is 25.2 Å². The molecule has 1 aliphatic rings. The van der Waals surface area contributed by atoms with E-state index in [0.29, 0.717) is 6.04 Å². The number of carbonyl (C=O) groups excluding carboxylic acids is 1. The quantitative estimate of drug-likeness (QED) is 0.670. The van der Waals surface area contributed by atoms with Gasteiger partial charge in [-0.25, -0.2) is 0 Å². The fourth-order valence-electron chi connectivity index (χ4n) is 1.88. The molecule has 1 N–H and O–H groups in total. The van der Waals surface area contributed by atoms with Crippen LogP contribution in [0.5, 0.6) is 0 Å². The molecular formula is C10H18NO. The lowest BCUT2D eigenvalue weighted by Crippen LogP contribution is -2.36. The summed E-state index contributed by atoms with van der Waals surface area (Å²) in [6, 6.07) is 0.435. The highest BCUT2D eigenvalue weighted by molar-refractivity contribution is 5.73. The standard InChI is InChI=1S/C10H18NO/c1-3-9-4-6-10(7-5-9)11-8(2)12/h9-10H,1,3-7H2,2H3,(H,11,12). The average Bonchev–Trinajstić information content (AvgIpc) is 2.05. The molecule has 0 aromatic rings. The van der Waals surface area contributed by atoms with Crippen LogP contribution in [-0.4, -0.2) is 11.9 Å². The molecule has 1 aliphatic carbocycles.